The smallest absolute Gasteiger partial charge is 0.132 e. The molecule has 0 radical (unpaired) electrons. The van der Waals surface area contributed by atoms with Crippen molar-refractivity contribution in [2.45, 2.75) is 13.5 Å². The van der Waals surface area contributed by atoms with Crippen molar-refractivity contribution in [2.75, 3.05) is 7.11 Å². The number of aryl methyl sites for hydroxylation is 1. The van der Waals surface area contributed by atoms with E-state index in [2.05, 4.69) is 4.98 Å². The Balaban J connectivity index is 0.000000606. The van der Waals surface area contributed by atoms with E-state index in [1.807, 2.05) is 13.0 Å². The molecule has 1 aromatic carbocycles. The number of nitrogens with two attached hydrogens (primary N) is 1. The standard InChI is InChI=1S/C11H11FN2.CH4O/c1-7-2-3-9-10(12)4-8(6-13)5-11(9)14-7;1-2/h2-5H,6,13H2,1H3;2H,1H3. The van der Waals surface area contributed by atoms with Crippen LogP contribution < -0.4 is 5.73 Å². The number of aliphatic hydroxyl groups excluding tert-OH is 1. The predicted octanol–water partition coefficient (Wildman–Crippen LogP) is 1.75. The van der Waals surface area contributed by atoms with E-state index in [9.17, 15) is 4.39 Å². The monoisotopic (exact) mass is 222 g/mol. The third kappa shape index (κ3) is 2.53. The third-order valence-electron chi connectivity index (χ3n) is 2.19. The molecule has 16 heavy (non-hydrogen) atoms. The number of aromatic nitrogens is 1. The molecular weight excluding hydrogens is 207 g/mol. The predicted molar refractivity (Wildman–Crippen MR) is 62.5 cm³/mol. The number of pyridine rings is 1. The number of fused-ring (bicyclic) bond motifs is 1. The van der Waals surface area contributed by atoms with Crippen molar-refractivity contribution < 1.29 is 9.50 Å². The first-order valence-corrected chi connectivity index (χ1v) is 4.91. The van der Waals surface area contributed by atoms with Gasteiger partial charge in [0.1, 0.15) is 5.82 Å². The van der Waals surface area contributed by atoms with Crippen molar-refractivity contribution in [3.05, 3.63) is 41.3 Å². The Bertz CT molecular complexity index is 486. The average Bonchev–Trinajstić information content (AvgIpc) is 2.30. The van der Waals surface area contributed by atoms with Crippen LogP contribution in [-0.4, -0.2) is 17.2 Å². The summed E-state index contributed by atoms with van der Waals surface area (Å²) in [6.45, 7) is 2.22. The molecule has 3 nitrogen and oxygen atoms in total. The van der Waals surface area contributed by atoms with E-state index >= 15 is 0 Å². The summed E-state index contributed by atoms with van der Waals surface area (Å²) < 4.78 is 13.5. The van der Waals surface area contributed by atoms with Gasteiger partial charge in [0.05, 0.1) is 5.52 Å². The Morgan fingerprint density at radius 3 is 2.62 bits per heavy atom. The summed E-state index contributed by atoms with van der Waals surface area (Å²) >= 11 is 0. The molecule has 3 N–H and O–H groups in total. The highest BCUT2D eigenvalue weighted by molar-refractivity contribution is 5.80. The maximum absolute atomic E-state index is 13.5. The van der Waals surface area contributed by atoms with Gasteiger partial charge in [-0.05, 0) is 36.8 Å². The zero-order chi connectivity index (χ0) is 12.1. The Hall–Kier alpha value is -1.52. The fourth-order valence-electron chi connectivity index (χ4n) is 1.46. The van der Waals surface area contributed by atoms with Crippen LogP contribution in [0.4, 0.5) is 4.39 Å². The molecule has 0 spiro atoms. The largest absolute Gasteiger partial charge is 0.400 e. The van der Waals surface area contributed by atoms with Crippen LogP contribution in [-0.2, 0) is 6.54 Å². The fraction of sp³-hybridized carbons (Fsp3) is 0.250. The van der Waals surface area contributed by atoms with Gasteiger partial charge < -0.3 is 10.8 Å². The van der Waals surface area contributed by atoms with Crippen LogP contribution in [0.1, 0.15) is 11.3 Å². The Morgan fingerprint density at radius 2 is 2.00 bits per heavy atom. The van der Waals surface area contributed by atoms with Gasteiger partial charge in [-0.2, -0.15) is 0 Å². The SMILES string of the molecule is CO.Cc1ccc2c(F)cc(CN)cc2n1. The van der Waals surface area contributed by atoms with E-state index in [4.69, 9.17) is 10.8 Å². The molecule has 1 aromatic heterocycles. The first kappa shape index (κ1) is 12.5. The number of benzene rings is 1. The molecule has 0 bridgehead atoms. The van der Waals surface area contributed by atoms with Gasteiger partial charge in [-0.3, -0.25) is 4.98 Å². The second-order valence-corrected chi connectivity index (χ2v) is 3.30. The quantitative estimate of drug-likeness (QED) is 0.772. The second-order valence-electron chi connectivity index (χ2n) is 3.30. The molecule has 0 aliphatic carbocycles. The molecule has 0 aliphatic heterocycles. The molecule has 0 atom stereocenters. The first-order valence-electron chi connectivity index (χ1n) is 4.91. The Morgan fingerprint density at radius 1 is 1.31 bits per heavy atom. The lowest BCUT2D eigenvalue weighted by Gasteiger charge is -2.03. The van der Waals surface area contributed by atoms with E-state index in [1.54, 1.807) is 12.1 Å². The summed E-state index contributed by atoms with van der Waals surface area (Å²) in [7, 11) is 1.00. The molecule has 86 valence electrons. The summed E-state index contributed by atoms with van der Waals surface area (Å²) in [5.74, 6) is -0.254. The van der Waals surface area contributed by atoms with Crippen molar-refractivity contribution in [1.82, 2.24) is 4.98 Å². The molecule has 0 fully saturated rings. The van der Waals surface area contributed by atoms with Crippen LogP contribution in [0.15, 0.2) is 24.3 Å². The van der Waals surface area contributed by atoms with Crippen LogP contribution in [0.3, 0.4) is 0 Å². The molecule has 0 aliphatic rings. The van der Waals surface area contributed by atoms with Crippen molar-refractivity contribution in [1.29, 1.82) is 0 Å². The topological polar surface area (TPSA) is 59.1 Å². The van der Waals surface area contributed by atoms with E-state index in [0.29, 0.717) is 17.4 Å². The molecule has 1 heterocycles. The van der Waals surface area contributed by atoms with Gasteiger partial charge in [0, 0.05) is 24.7 Å². The van der Waals surface area contributed by atoms with Crippen LogP contribution in [0.2, 0.25) is 0 Å². The van der Waals surface area contributed by atoms with Crippen molar-refractivity contribution in [3.8, 4) is 0 Å². The van der Waals surface area contributed by atoms with Gasteiger partial charge in [-0.25, -0.2) is 4.39 Å². The normalized spacial score (nSPS) is 9.81. The summed E-state index contributed by atoms with van der Waals surface area (Å²) in [5, 5.41) is 7.55. The average molecular weight is 222 g/mol. The zero-order valence-electron chi connectivity index (χ0n) is 9.37. The summed E-state index contributed by atoms with van der Waals surface area (Å²) in [4.78, 5) is 4.25. The highest BCUT2D eigenvalue weighted by Gasteiger charge is 2.03. The second kappa shape index (κ2) is 5.53. The van der Waals surface area contributed by atoms with Crippen molar-refractivity contribution >= 4 is 10.9 Å². The number of halogens is 1. The van der Waals surface area contributed by atoms with Gasteiger partial charge in [-0.15, -0.1) is 0 Å². The van der Waals surface area contributed by atoms with E-state index in [0.717, 1.165) is 18.4 Å². The summed E-state index contributed by atoms with van der Waals surface area (Å²) in [6.07, 6.45) is 0. The summed E-state index contributed by atoms with van der Waals surface area (Å²) in [5.41, 5.74) is 7.78. The lowest BCUT2D eigenvalue weighted by molar-refractivity contribution is 0.399. The van der Waals surface area contributed by atoms with E-state index in [1.165, 1.54) is 6.07 Å². The minimum Gasteiger partial charge on any atom is -0.400 e. The molecule has 2 aromatic rings. The Labute approximate surface area is 93.7 Å². The maximum atomic E-state index is 13.5. The Kier molecular flexibility index (Phi) is 4.34. The number of hydrogen-bond donors (Lipinski definition) is 2. The first-order chi connectivity index (χ1) is 7.70. The van der Waals surface area contributed by atoms with Gasteiger partial charge in [0.2, 0.25) is 0 Å². The van der Waals surface area contributed by atoms with Gasteiger partial charge in [0.15, 0.2) is 0 Å². The van der Waals surface area contributed by atoms with E-state index < -0.39 is 0 Å². The molecule has 4 heteroatoms. The van der Waals surface area contributed by atoms with Gasteiger partial charge in [0.25, 0.3) is 0 Å². The number of aliphatic hydroxyl groups is 1. The van der Waals surface area contributed by atoms with Crippen molar-refractivity contribution in [3.63, 3.8) is 0 Å². The number of rotatable bonds is 1. The molecule has 0 saturated heterocycles. The highest BCUT2D eigenvalue weighted by atomic mass is 19.1. The lowest BCUT2D eigenvalue weighted by Crippen LogP contribution is -1.98. The molecule has 2 rings (SSSR count). The minimum atomic E-state index is -0.254. The summed E-state index contributed by atoms with van der Waals surface area (Å²) in [6, 6.07) is 6.82. The van der Waals surface area contributed by atoms with E-state index in [-0.39, 0.29) is 5.82 Å². The highest BCUT2D eigenvalue weighted by Crippen LogP contribution is 2.18. The zero-order valence-corrected chi connectivity index (χ0v) is 9.37. The van der Waals surface area contributed by atoms with Crippen LogP contribution in [0.5, 0.6) is 0 Å². The van der Waals surface area contributed by atoms with Gasteiger partial charge >= 0.3 is 0 Å². The van der Waals surface area contributed by atoms with Gasteiger partial charge in [-0.1, -0.05) is 0 Å². The molecule has 0 saturated carbocycles. The number of nitrogens with zero attached hydrogens (tertiary/aromatic N) is 1. The maximum Gasteiger partial charge on any atom is 0.132 e. The molecule has 0 amide bonds. The van der Waals surface area contributed by atoms with Crippen molar-refractivity contribution in [2.24, 2.45) is 5.73 Å². The molecular formula is C12H15FN2O. The van der Waals surface area contributed by atoms with Crippen LogP contribution in [0, 0.1) is 12.7 Å². The number of hydrogen-bond acceptors (Lipinski definition) is 3. The fourth-order valence-corrected chi connectivity index (χ4v) is 1.46. The van der Waals surface area contributed by atoms with Crippen LogP contribution in [0.25, 0.3) is 10.9 Å². The molecule has 0 unspecified atom stereocenters. The third-order valence-corrected chi connectivity index (χ3v) is 2.19. The lowest BCUT2D eigenvalue weighted by atomic mass is 10.1. The minimum absolute atomic E-state index is 0.254. The van der Waals surface area contributed by atoms with Crippen LogP contribution >= 0.6 is 0 Å².